The van der Waals surface area contributed by atoms with Crippen LogP contribution in [-0.2, 0) is 4.79 Å². The Hall–Kier alpha value is -0.450. The van der Waals surface area contributed by atoms with Crippen molar-refractivity contribution in [2.24, 2.45) is 23.7 Å². The van der Waals surface area contributed by atoms with Gasteiger partial charge in [-0.2, -0.15) is 0 Å². The molecule has 0 spiro atoms. The molecule has 0 aromatic carbocycles. The summed E-state index contributed by atoms with van der Waals surface area (Å²) in [6, 6.07) is 0. The van der Waals surface area contributed by atoms with Gasteiger partial charge in [0.1, 0.15) is 11.9 Å². The maximum Gasteiger partial charge on any atom is 0.141 e. The third kappa shape index (κ3) is 3.31. The van der Waals surface area contributed by atoms with E-state index in [1.165, 1.54) is 0 Å². The number of hydrogen-bond donors (Lipinski definition) is 3. The third-order valence-corrected chi connectivity index (χ3v) is 3.86. The average molecular weight is 258 g/mol. The summed E-state index contributed by atoms with van der Waals surface area (Å²) in [4.78, 5) is 12.0. The topological polar surface area (TPSA) is 77.8 Å². The Kier molecular flexibility index (Phi) is 5.32. The summed E-state index contributed by atoms with van der Waals surface area (Å²) in [7, 11) is 0. The van der Waals surface area contributed by atoms with Gasteiger partial charge in [0, 0.05) is 11.8 Å². The van der Waals surface area contributed by atoms with Crippen LogP contribution in [0.4, 0.5) is 0 Å². The number of Topliss-reactive ketones (excluding diaryl/α,β-unsaturated/α-hetero) is 1. The Bertz CT molecular complexity index is 288. The number of rotatable bonds is 4. The normalized spacial score (nSPS) is 37.3. The van der Waals surface area contributed by atoms with E-state index in [0.717, 1.165) is 6.42 Å². The number of carbonyl (C=O) groups is 1. The van der Waals surface area contributed by atoms with E-state index in [2.05, 4.69) is 0 Å². The predicted octanol–water partition coefficient (Wildman–Crippen LogP) is 0.976. The Morgan fingerprint density at radius 2 is 1.61 bits per heavy atom. The van der Waals surface area contributed by atoms with Crippen LogP contribution in [0.15, 0.2) is 0 Å². The van der Waals surface area contributed by atoms with E-state index in [9.17, 15) is 20.1 Å². The highest BCUT2D eigenvalue weighted by Crippen LogP contribution is 2.35. The molecule has 0 bridgehead atoms. The van der Waals surface area contributed by atoms with Crippen molar-refractivity contribution < 1.29 is 20.1 Å². The second-order valence-electron chi connectivity index (χ2n) is 6.26. The molecule has 3 unspecified atom stereocenters. The van der Waals surface area contributed by atoms with E-state index < -0.39 is 24.2 Å². The highest BCUT2D eigenvalue weighted by Gasteiger charge is 2.45. The molecule has 1 aliphatic carbocycles. The molecule has 106 valence electrons. The van der Waals surface area contributed by atoms with Crippen molar-refractivity contribution in [3.8, 4) is 0 Å². The van der Waals surface area contributed by atoms with E-state index in [4.69, 9.17) is 0 Å². The Balaban J connectivity index is 2.83. The zero-order chi connectivity index (χ0) is 14.0. The van der Waals surface area contributed by atoms with Gasteiger partial charge in [-0.3, -0.25) is 4.79 Å². The van der Waals surface area contributed by atoms with Crippen molar-refractivity contribution in [3.05, 3.63) is 0 Å². The zero-order valence-electron chi connectivity index (χ0n) is 11.7. The van der Waals surface area contributed by atoms with Gasteiger partial charge in [-0.1, -0.05) is 27.7 Å². The van der Waals surface area contributed by atoms with Gasteiger partial charge in [0.2, 0.25) is 0 Å². The molecule has 1 rings (SSSR count). The van der Waals surface area contributed by atoms with Crippen molar-refractivity contribution >= 4 is 5.78 Å². The summed E-state index contributed by atoms with van der Waals surface area (Å²) in [5.41, 5.74) is 0. The fraction of sp³-hybridized carbons (Fsp3) is 0.929. The highest BCUT2D eigenvalue weighted by molar-refractivity contribution is 5.83. The fourth-order valence-electron chi connectivity index (χ4n) is 2.88. The summed E-state index contributed by atoms with van der Waals surface area (Å²) in [5, 5.41) is 29.8. The van der Waals surface area contributed by atoms with Crippen LogP contribution in [0.3, 0.4) is 0 Å². The molecule has 0 aromatic rings. The lowest BCUT2D eigenvalue weighted by Crippen LogP contribution is -2.53. The lowest BCUT2D eigenvalue weighted by Gasteiger charge is -2.41. The molecular formula is C14H26O4. The van der Waals surface area contributed by atoms with Gasteiger partial charge in [-0.25, -0.2) is 0 Å². The molecule has 0 radical (unpaired) electrons. The van der Waals surface area contributed by atoms with E-state index in [1.54, 1.807) is 13.8 Å². The van der Waals surface area contributed by atoms with E-state index in [1.807, 2.05) is 13.8 Å². The van der Waals surface area contributed by atoms with E-state index >= 15 is 0 Å². The van der Waals surface area contributed by atoms with Crippen LogP contribution < -0.4 is 0 Å². The first kappa shape index (κ1) is 15.6. The minimum atomic E-state index is -1.21. The van der Waals surface area contributed by atoms with Crippen molar-refractivity contribution in [1.82, 2.24) is 0 Å². The second kappa shape index (κ2) is 6.13. The summed E-state index contributed by atoms with van der Waals surface area (Å²) >= 11 is 0. The first-order valence-corrected chi connectivity index (χ1v) is 6.83. The van der Waals surface area contributed by atoms with Gasteiger partial charge >= 0.3 is 0 Å². The molecule has 5 atom stereocenters. The number of hydrogen-bond acceptors (Lipinski definition) is 4. The first-order valence-electron chi connectivity index (χ1n) is 6.83. The van der Waals surface area contributed by atoms with Crippen molar-refractivity contribution in [2.45, 2.75) is 58.8 Å². The number of aliphatic hydroxyl groups excluding tert-OH is 3. The molecule has 4 nitrogen and oxygen atoms in total. The first-order chi connectivity index (χ1) is 8.25. The largest absolute Gasteiger partial charge is 0.390 e. The lowest BCUT2D eigenvalue weighted by molar-refractivity contribution is -0.157. The average Bonchev–Trinajstić information content (AvgIpc) is 2.28. The third-order valence-electron chi connectivity index (χ3n) is 3.86. The van der Waals surface area contributed by atoms with Gasteiger partial charge in [0.25, 0.3) is 0 Å². The molecule has 1 fully saturated rings. The summed E-state index contributed by atoms with van der Waals surface area (Å²) < 4.78 is 0. The highest BCUT2D eigenvalue weighted by atomic mass is 16.4. The standard InChI is InChI=1S/C14H26O4/c1-7(2)5-9-6-10(11(15)8(3)4)13(17)14(18)12(9)16/h7-10,12-14,16-18H,5-6H2,1-4H3/t9-,10?,12-,13?,14?/m0/s1. The molecule has 1 saturated carbocycles. The summed E-state index contributed by atoms with van der Waals surface area (Å²) in [6.07, 6.45) is -2.06. The molecule has 1 aliphatic rings. The number of carbonyl (C=O) groups excluding carboxylic acids is 1. The SMILES string of the molecule is CC(C)C[C@H]1CC(C(=O)C(C)C)C(O)C(O)[C@H]1O. The van der Waals surface area contributed by atoms with Crippen LogP contribution in [0.5, 0.6) is 0 Å². The van der Waals surface area contributed by atoms with Crippen LogP contribution in [0.1, 0.15) is 40.5 Å². The zero-order valence-corrected chi connectivity index (χ0v) is 11.7. The van der Waals surface area contributed by atoms with E-state index in [0.29, 0.717) is 12.3 Å². The molecular weight excluding hydrogens is 232 g/mol. The quantitative estimate of drug-likeness (QED) is 0.702. The second-order valence-corrected chi connectivity index (χ2v) is 6.26. The van der Waals surface area contributed by atoms with Gasteiger partial charge in [0.05, 0.1) is 12.2 Å². The molecule has 18 heavy (non-hydrogen) atoms. The summed E-state index contributed by atoms with van der Waals surface area (Å²) in [5.74, 6) is -0.459. The molecule has 0 amide bonds. The molecule has 0 aliphatic heterocycles. The Morgan fingerprint density at radius 3 is 2.06 bits per heavy atom. The predicted molar refractivity (Wildman–Crippen MR) is 68.9 cm³/mol. The lowest BCUT2D eigenvalue weighted by atomic mass is 9.70. The minimum Gasteiger partial charge on any atom is -0.390 e. The maximum atomic E-state index is 12.0. The van der Waals surface area contributed by atoms with Crippen molar-refractivity contribution in [2.75, 3.05) is 0 Å². The Labute approximate surface area is 109 Å². The van der Waals surface area contributed by atoms with Crippen LogP contribution in [0.25, 0.3) is 0 Å². The fourth-order valence-corrected chi connectivity index (χ4v) is 2.88. The van der Waals surface area contributed by atoms with Crippen molar-refractivity contribution in [1.29, 1.82) is 0 Å². The van der Waals surface area contributed by atoms with Gasteiger partial charge in [-0.15, -0.1) is 0 Å². The van der Waals surface area contributed by atoms with E-state index in [-0.39, 0.29) is 17.6 Å². The van der Waals surface area contributed by atoms with Crippen LogP contribution >= 0.6 is 0 Å². The molecule has 3 N–H and O–H groups in total. The molecule has 0 aromatic heterocycles. The molecule has 4 heteroatoms. The van der Waals surface area contributed by atoms with Crippen LogP contribution in [0, 0.1) is 23.7 Å². The summed E-state index contributed by atoms with van der Waals surface area (Å²) in [6.45, 7) is 7.68. The minimum absolute atomic E-state index is 0.0257. The van der Waals surface area contributed by atoms with Crippen molar-refractivity contribution in [3.63, 3.8) is 0 Å². The molecule has 0 heterocycles. The Morgan fingerprint density at radius 1 is 1.06 bits per heavy atom. The van der Waals surface area contributed by atoms with Crippen LogP contribution in [0.2, 0.25) is 0 Å². The molecule has 0 saturated heterocycles. The smallest absolute Gasteiger partial charge is 0.141 e. The van der Waals surface area contributed by atoms with Gasteiger partial charge in [0.15, 0.2) is 0 Å². The monoisotopic (exact) mass is 258 g/mol. The number of ketones is 1. The number of aliphatic hydroxyl groups is 3. The maximum absolute atomic E-state index is 12.0. The van der Waals surface area contributed by atoms with Gasteiger partial charge < -0.3 is 15.3 Å². The van der Waals surface area contributed by atoms with Crippen LogP contribution in [-0.4, -0.2) is 39.4 Å². The van der Waals surface area contributed by atoms with Gasteiger partial charge in [-0.05, 0) is 24.7 Å².